The molecular weight excluding hydrogens is 244 g/mol. The first-order valence-electron chi connectivity index (χ1n) is 6.44. The van der Waals surface area contributed by atoms with Gasteiger partial charge in [-0.1, -0.05) is 0 Å². The lowest BCUT2D eigenvalue weighted by Crippen LogP contribution is -2.42. The van der Waals surface area contributed by atoms with E-state index in [4.69, 9.17) is 0 Å². The predicted molar refractivity (Wildman–Crippen MR) is 68.9 cm³/mol. The lowest BCUT2D eigenvalue weighted by molar-refractivity contribution is 0.0473. The molecule has 1 saturated heterocycles. The van der Waals surface area contributed by atoms with Crippen molar-refractivity contribution in [1.29, 1.82) is 0 Å². The highest BCUT2D eigenvalue weighted by Gasteiger charge is 2.23. The molecule has 0 spiro atoms. The zero-order chi connectivity index (χ0) is 13.4. The fourth-order valence-electron chi connectivity index (χ4n) is 2.45. The molecule has 1 N–H and O–H groups in total. The van der Waals surface area contributed by atoms with E-state index in [0.29, 0.717) is 18.7 Å². The summed E-state index contributed by atoms with van der Waals surface area (Å²) in [5, 5.41) is 17.6. The third-order valence-corrected chi connectivity index (χ3v) is 3.50. The number of aromatic nitrogens is 3. The molecule has 0 bridgehead atoms. The topological polar surface area (TPSA) is 70.7 Å². The molecule has 0 aromatic carbocycles. The minimum absolute atomic E-state index is 0.0475. The molecule has 6 nitrogen and oxygen atoms in total. The van der Waals surface area contributed by atoms with Crippen molar-refractivity contribution in [2.24, 2.45) is 0 Å². The number of aliphatic hydroxyl groups is 1. The van der Waals surface area contributed by atoms with Gasteiger partial charge in [-0.25, -0.2) is 0 Å². The number of aryl methyl sites for hydroxylation is 1. The summed E-state index contributed by atoms with van der Waals surface area (Å²) >= 11 is 0. The van der Waals surface area contributed by atoms with Crippen LogP contribution in [0, 0.1) is 6.92 Å². The number of β-amino-alcohol motifs (C(OH)–C–C–N with tert-alkyl or cyclic N) is 1. The van der Waals surface area contributed by atoms with Crippen LogP contribution in [0.4, 0.5) is 0 Å². The number of amides is 1. The maximum Gasteiger partial charge on any atom is 0.255 e. The van der Waals surface area contributed by atoms with Gasteiger partial charge in [0, 0.05) is 19.3 Å². The van der Waals surface area contributed by atoms with Crippen LogP contribution in [0.25, 0.3) is 5.65 Å². The second kappa shape index (κ2) is 4.62. The van der Waals surface area contributed by atoms with Gasteiger partial charge in [0.15, 0.2) is 5.65 Å². The van der Waals surface area contributed by atoms with Crippen molar-refractivity contribution in [1.82, 2.24) is 19.5 Å². The second-order valence-electron chi connectivity index (χ2n) is 4.94. The van der Waals surface area contributed by atoms with Crippen molar-refractivity contribution in [2.45, 2.75) is 25.9 Å². The van der Waals surface area contributed by atoms with Crippen LogP contribution in [0.5, 0.6) is 0 Å². The molecular formula is C13H16N4O2. The molecule has 3 heterocycles. The summed E-state index contributed by atoms with van der Waals surface area (Å²) in [6.45, 7) is 2.96. The Bertz CT molecular complexity index is 622. The molecule has 19 heavy (non-hydrogen) atoms. The van der Waals surface area contributed by atoms with Gasteiger partial charge in [0.1, 0.15) is 5.82 Å². The number of likely N-dealkylation sites (tertiary alicyclic amines) is 1. The van der Waals surface area contributed by atoms with Crippen LogP contribution in [0.1, 0.15) is 29.0 Å². The molecule has 6 heteroatoms. The van der Waals surface area contributed by atoms with Gasteiger partial charge in [0.05, 0.1) is 11.7 Å². The van der Waals surface area contributed by atoms with Gasteiger partial charge in [0.25, 0.3) is 5.91 Å². The molecule has 1 aliphatic heterocycles. The highest BCUT2D eigenvalue weighted by atomic mass is 16.3. The van der Waals surface area contributed by atoms with E-state index in [-0.39, 0.29) is 5.91 Å². The third kappa shape index (κ3) is 2.19. The SMILES string of the molecule is Cc1nnc2ccc(C(=O)N3CCCC(O)C3)cn12. The van der Waals surface area contributed by atoms with Gasteiger partial charge in [-0.15, -0.1) is 10.2 Å². The maximum atomic E-state index is 12.4. The number of hydrogen-bond acceptors (Lipinski definition) is 4. The maximum absolute atomic E-state index is 12.4. The molecule has 1 aliphatic rings. The number of piperidine rings is 1. The molecule has 0 saturated carbocycles. The van der Waals surface area contributed by atoms with Crippen LogP contribution in [0.3, 0.4) is 0 Å². The zero-order valence-electron chi connectivity index (χ0n) is 10.8. The molecule has 100 valence electrons. The van der Waals surface area contributed by atoms with Crippen molar-refractivity contribution >= 4 is 11.6 Å². The van der Waals surface area contributed by atoms with E-state index in [2.05, 4.69) is 10.2 Å². The van der Waals surface area contributed by atoms with Gasteiger partial charge in [-0.05, 0) is 31.9 Å². The average Bonchev–Trinajstić information content (AvgIpc) is 2.79. The normalized spacial score (nSPS) is 19.9. The smallest absolute Gasteiger partial charge is 0.255 e. The first-order valence-corrected chi connectivity index (χ1v) is 6.44. The minimum atomic E-state index is -0.405. The lowest BCUT2D eigenvalue weighted by atomic mass is 10.1. The van der Waals surface area contributed by atoms with E-state index >= 15 is 0 Å². The second-order valence-corrected chi connectivity index (χ2v) is 4.94. The fraction of sp³-hybridized carbons (Fsp3) is 0.462. The van der Waals surface area contributed by atoms with Gasteiger partial charge in [-0.2, -0.15) is 0 Å². The number of carbonyl (C=O) groups excluding carboxylic acids is 1. The summed E-state index contributed by atoms with van der Waals surface area (Å²) in [5.74, 6) is 0.706. The number of carbonyl (C=O) groups is 1. The Morgan fingerprint density at radius 2 is 2.26 bits per heavy atom. The summed E-state index contributed by atoms with van der Waals surface area (Å²) in [6, 6.07) is 3.54. The van der Waals surface area contributed by atoms with E-state index in [1.165, 1.54) is 0 Å². The minimum Gasteiger partial charge on any atom is -0.391 e. The molecule has 0 aliphatic carbocycles. The van der Waals surface area contributed by atoms with Gasteiger partial charge in [-0.3, -0.25) is 9.20 Å². The highest BCUT2D eigenvalue weighted by Crippen LogP contribution is 2.14. The Labute approximate surface area is 110 Å². The van der Waals surface area contributed by atoms with Gasteiger partial charge >= 0.3 is 0 Å². The first-order chi connectivity index (χ1) is 9.15. The van der Waals surface area contributed by atoms with E-state index in [1.54, 1.807) is 27.6 Å². The molecule has 1 amide bonds. The number of pyridine rings is 1. The molecule has 2 aromatic heterocycles. The van der Waals surface area contributed by atoms with E-state index in [9.17, 15) is 9.90 Å². The largest absolute Gasteiger partial charge is 0.391 e. The molecule has 1 fully saturated rings. The molecule has 3 rings (SSSR count). The summed E-state index contributed by atoms with van der Waals surface area (Å²) in [5.41, 5.74) is 1.33. The Morgan fingerprint density at radius 1 is 1.42 bits per heavy atom. The Kier molecular flexibility index (Phi) is 2.94. The van der Waals surface area contributed by atoms with E-state index in [0.717, 1.165) is 24.3 Å². The first kappa shape index (κ1) is 12.1. The third-order valence-electron chi connectivity index (χ3n) is 3.50. The van der Waals surface area contributed by atoms with Crippen LogP contribution in [0.15, 0.2) is 18.3 Å². The molecule has 2 aromatic rings. The van der Waals surface area contributed by atoms with Crippen LogP contribution in [-0.2, 0) is 0 Å². The standard InChI is InChI=1S/C13H16N4O2/c1-9-14-15-12-5-4-10(7-17(9)12)13(19)16-6-2-3-11(18)8-16/h4-5,7,11,18H,2-3,6,8H2,1H3. The summed E-state index contributed by atoms with van der Waals surface area (Å²) < 4.78 is 1.80. The van der Waals surface area contributed by atoms with Crippen molar-refractivity contribution in [3.8, 4) is 0 Å². The summed E-state index contributed by atoms with van der Waals surface area (Å²) in [6.07, 6.45) is 2.97. The fourth-order valence-corrected chi connectivity index (χ4v) is 2.45. The van der Waals surface area contributed by atoms with Gasteiger partial charge < -0.3 is 10.0 Å². The molecule has 1 unspecified atom stereocenters. The van der Waals surface area contributed by atoms with Crippen LogP contribution in [0.2, 0.25) is 0 Å². The summed E-state index contributed by atoms with van der Waals surface area (Å²) in [7, 11) is 0. The van der Waals surface area contributed by atoms with Crippen LogP contribution >= 0.6 is 0 Å². The Morgan fingerprint density at radius 3 is 3.05 bits per heavy atom. The lowest BCUT2D eigenvalue weighted by Gasteiger charge is -2.30. The highest BCUT2D eigenvalue weighted by molar-refractivity contribution is 5.94. The van der Waals surface area contributed by atoms with E-state index < -0.39 is 6.10 Å². The Hall–Kier alpha value is -1.95. The number of fused-ring (bicyclic) bond motifs is 1. The van der Waals surface area contributed by atoms with Crippen molar-refractivity contribution in [3.63, 3.8) is 0 Å². The van der Waals surface area contributed by atoms with E-state index in [1.807, 2.05) is 6.92 Å². The zero-order valence-corrected chi connectivity index (χ0v) is 10.8. The predicted octanol–water partition coefficient (Wildman–Crippen LogP) is 0.635. The number of aliphatic hydroxyl groups excluding tert-OH is 1. The van der Waals surface area contributed by atoms with Gasteiger partial charge in [0.2, 0.25) is 0 Å². The van der Waals surface area contributed by atoms with Crippen molar-refractivity contribution in [2.75, 3.05) is 13.1 Å². The average molecular weight is 260 g/mol. The molecule has 1 atom stereocenters. The Balaban J connectivity index is 1.90. The van der Waals surface area contributed by atoms with Crippen molar-refractivity contribution < 1.29 is 9.90 Å². The quantitative estimate of drug-likeness (QED) is 0.816. The van der Waals surface area contributed by atoms with Crippen LogP contribution < -0.4 is 0 Å². The van der Waals surface area contributed by atoms with Crippen molar-refractivity contribution in [3.05, 3.63) is 29.7 Å². The summed E-state index contributed by atoms with van der Waals surface area (Å²) in [4.78, 5) is 14.1. The molecule has 0 radical (unpaired) electrons. The number of nitrogens with zero attached hydrogens (tertiary/aromatic N) is 4. The monoisotopic (exact) mass is 260 g/mol. The van der Waals surface area contributed by atoms with Crippen LogP contribution in [-0.4, -0.2) is 49.7 Å². The number of rotatable bonds is 1. The number of hydrogen-bond donors (Lipinski definition) is 1.